The Labute approximate surface area is 240 Å². The van der Waals surface area contributed by atoms with Crippen LogP contribution in [-0.2, 0) is 17.6 Å². The number of nitrogens with one attached hydrogen (secondary N) is 1. The van der Waals surface area contributed by atoms with Crippen LogP contribution in [-0.4, -0.2) is 39.2 Å². The van der Waals surface area contributed by atoms with Crippen LogP contribution in [0.3, 0.4) is 0 Å². The fourth-order valence-corrected chi connectivity index (χ4v) is 6.51. The second kappa shape index (κ2) is 9.49. The smallest absolute Gasteiger partial charge is 0.355 e. The third-order valence-electron chi connectivity index (χ3n) is 8.47. The number of H-pyrrole nitrogens is 1. The van der Waals surface area contributed by atoms with E-state index in [1.807, 2.05) is 0 Å². The van der Waals surface area contributed by atoms with Gasteiger partial charge in [0.25, 0.3) is 5.91 Å². The number of halogens is 2. The maximum Gasteiger partial charge on any atom is 0.355 e. The first-order chi connectivity index (χ1) is 19.4. The average molecular weight is 575 g/mol. The van der Waals surface area contributed by atoms with Gasteiger partial charge in [-0.25, -0.2) is 14.1 Å². The fourth-order valence-electron chi connectivity index (χ4n) is 6.28. The number of nitrogens with two attached hydrogens (primary N) is 1. The Morgan fingerprint density at radius 2 is 2.05 bits per heavy atom. The molecule has 2 aliphatic carbocycles. The van der Waals surface area contributed by atoms with Crippen LogP contribution in [0.2, 0.25) is 0 Å². The highest BCUT2D eigenvalue weighted by Gasteiger charge is 2.40. The molecule has 0 saturated heterocycles. The molecule has 41 heavy (non-hydrogen) atoms. The highest BCUT2D eigenvalue weighted by Crippen LogP contribution is 2.44. The lowest BCUT2D eigenvalue weighted by molar-refractivity contribution is -0.118. The van der Waals surface area contributed by atoms with Gasteiger partial charge in [-0.15, -0.1) is 0 Å². The summed E-state index contributed by atoms with van der Waals surface area (Å²) in [5.74, 6) is -2.77. The molecule has 2 atom stereocenters. The molecular formula is C31H28ClFN4O4. The summed E-state index contributed by atoms with van der Waals surface area (Å²) in [6.45, 7) is 5.25. The summed E-state index contributed by atoms with van der Waals surface area (Å²) in [5, 5.41) is 11.4. The summed E-state index contributed by atoms with van der Waals surface area (Å²) >= 11 is 6.20. The lowest BCUT2D eigenvalue weighted by Crippen LogP contribution is -2.47. The van der Waals surface area contributed by atoms with Crippen LogP contribution < -0.4 is 10.6 Å². The molecule has 3 aromatic rings. The van der Waals surface area contributed by atoms with E-state index < -0.39 is 35.2 Å². The lowest BCUT2D eigenvalue weighted by atomic mass is 9.77. The molecule has 0 fully saturated rings. The van der Waals surface area contributed by atoms with Crippen molar-refractivity contribution in [3.63, 3.8) is 0 Å². The highest BCUT2D eigenvalue weighted by atomic mass is 35.5. The van der Waals surface area contributed by atoms with Crippen molar-refractivity contribution in [2.24, 2.45) is 22.6 Å². The summed E-state index contributed by atoms with van der Waals surface area (Å²) in [7, 11) is 0. The molecule has 0 radical (unpaired) electrons. The number of fused-ring (bicyclic) bond motifs is 4. The zero-order valence-electron chi connectivity index (χ0n) is 22.7. The van der Waals surface area contributed by atoms with Gasteiger partial charge in [-0.05, 0) is 80.9 Å². The van der Waals surface area contributed by atoms with Crippen molar-refractivity contribution in [2.75, 3.05) is 4.90 Å². The maximum atomic E-state index is 16.1. The average Bonchev–Trinajstić information content (AvgIpc) is 3.28. The number of carbonyl (C=O) groups excluding carboxylic acids is 3. The number of rotatable bonds is 4. The lowest BCUT2D eigenvalue weighted by Gasteiger charge is -2.32. The molecule has 1 aromatic heterocycles. The Morgan fingerprint density at radius 1 is 1.29 bits per heavy atom. The molecule has 210 valence electrons. The van der Waals surface area contributed by atoms with Gasteiger partial charge in [-0.3, -0.25) is 9.59 Å². The third-order valence-corrected chi connectivity index (χ3v) is 8.79. The first-order valence-corrected chi connectivity index (χ1v) is 13.7. The van der Waals surface area contributed by atoms with Gasteiger partial charge in [-0.2, -0.15) is 4.99 Å². The van der Waals surface area contributed by atoms with Crippen LogP contribution in [0, 0.1) is 24.6 Å². The van der Waals surface area contributed by atoms with Crippen LogP contribution in [0.1, 0.15) is 47.4 Å². The number of primary amides is 1. The quantitative estimate of drug-likeness (QED) is 0.381. The Morgan fingerprint density at radius 3 is 2.76 bits per heavy atom. The van der Waals surface area contributed by atoms with E-state index >= 15 is 4.39 Å². The molecule has 2 heterocycles. The number of carbonyl (C=O) groups is 3. The topological polar surface area (TPSA) is 129 Å². The number of allylic oxidation sites excluding steroid dienone is 3. The van der Waals surface area contributed by atoms with Crippen molar-refractivity contribution in [1.29, 1.82) is 0 Å². The van der Waals surface area contributed by atoms with Crippen molar-refractivity contribution in [3.05, 3.63) is 75.7 Å². The largest absolute Gasteiger partial charge is 0.390 e. The number of aryl methyl sites for hydroxylation is 1. The molecule has 0 spiro atoms. The number of imide groups is 1. The van der Waals surface area contributed by atoms with Crippen LogP contribution in [0.4, 0.5) is 14.9 Å². The van der Waals surface area contributed by atoms with Crippen LogP contribution >= 0.6 is 11.6 Å². The second-order valence-corrected chi connectivity index (χ2v) is 11.8. The van der Waals surface area contributed by atoms with Crippen molar-refractivity contribution in [1.82, 2.24) is 4.98 Å². The molecular weight excluding hydrogens is 547 g/mol. The zero-order chi connectivity index (χ0) is 29.4. The number of aliphatic hydroxyl groups is 1. The molecule has 6 rings (SSSR count). The summed E-state index contributed by atoms with van der Waals surface area (Å²) in [6, 6.07) is 5.33. The van der Waals surface area contributed by atoms with E-state index in [4.69, 9.17) is 17.3 Å². The van der Waals surface area contributed by atoms with Gasteiger partial charge in [0.2, 0.25) is 5.91 Å². The number of anilines is 1. The van der Waals surface area contributed by atoms with Crippen LogP contribution in [0.5, 0.6) is 0 Å². The first kappa shape index (κ1) is 27.1. The van der Waals surface area contributed by atoms with Gasteiger partial charge < -0.3 is 15.8 Å². The minimum absolute atomic E-state index is 0.0292. The van der Waals surface area contributed by atoms with E-state index in [1.165, 1.54) is 0 Å². The Hall–Kier alpha value is -4.08. The van der Waals surface area contributed by atoms with E-state index in [9.17, 15) is 19.5 Å². The van der Waals surface area contributed by atoms with Crippen molar-refractivity contribution < 1.29 is 23.9 Å². The number of aromatic amines is 1. The summed E-state index contributed by atoms with van der Waals surface area (Å²) in [6.07, 6.45) is 6.60. The Kier molecular flexibility index (Phi) is 6.28. The molecule has 4 N–H and O–H groups in total. The van der Waals surface area contributed by atoms with Crippen molar-refractivity contribution >= 4 is 51.7 Å². The van der Waals surface area contributed by atoms with Gasteiger partial charge in [0.05, 0.1) is 33.1 Å². The zero-order valence-corrected chi connectivity index (χ0v) is 23.5. The molecule has 2 aromatic carbocycles. The fraction of sp³-hybridized carbons (Fsp3) is 0.290. The van der Waals surface area contributed by atoms with Gasteiger partial charge in [0, 0.05) is 16.6 Å². The minimum Gasteiger partial charge on any atom is -0.390 e. The van der Waals surface area contributed by atoms with Crippen molar-refractivity contribution in [3.8, 4) is 11.1 Å². The predicted octanol–water partition coefficient (Wildman–Crippen LogP) is 5.47. The molecule has 1 aliphatic heterocycles. The van der Waals surface area contributed by atoms with Gasteiger partial charge >= 0.3 is 6.03 Å². The maximum absolute atomic E-state index is 16.1. The molecule has 0 bridgehead atoms. The molecule has 3 aliphatic rings. The van der Waals surface area contributed by atoms with Gasteiger partial charge in [0.1, 0.15) is 11.7 Å². The standard InChI is InChI=1S/C31H28ClFN4O4/c1-14-16(6-5-9-23(14)37-29(39)18-7-4-8-20(32)26(18)36-30(37)40)24-21(33)13-19(28(34)38)27-25(24)17-11-10-15(31(2,3)41)12-22(17)35-27/h4-9,13,15,18,35,41H,10-12H2,1-3H3,(H2,34,38)/t15-,18?/m0/s1. The number of aromatic nitrogens is 1. The molecule has 8 nitrogen and oxygen atoms in total. The Bertz CT molecular complexity index is 1780. The third kappa shape index (κ3) is 4.22. The second-order valence-electron chi connectivity index (χ2n) is 11.4. The van der Waals surface area contributed by atoms with E-state index in [0.717, 1.165) is 22.2 Å². The van der Waals surface area contributed by atoms with Gasteiger partial charge in [0.15, 0.2) is 0 Å². The molecule has 1 unspecified atom stereocenters. The van der Waals surface area contributed by atoms with Crippen LogP contribution in [0.25, 0.3) is 22.0 Å². The summed E-state index contributed by atoms with van der Waals surface area (Å²) < 4.78 is 16.1. The minimum atomic E-state index is -0.913. The van der Waals surface area contributed by atoms with Crippen LogP contribution in [0.15, 0.2) is 52.5 Å². The monoisotopic (exact) mass is 574 g/mol. The van der Waals surface area contributed by atoms with E-state index in [1.54, 1.807) is 57.2 Å². The molecule has 10 heteroatoms. The number of aliphatic imine (C=N–C) groups is 1. The Balaban J connectivity index is 1.54. The first-order valence-electron chi connectivity index (χ1n) is 13.4. The number of urea groups is 1. The van der Waals surface area contributed by atoms with Gasteiger partial charge in [-0.1, -0.05) is 35.9 Å². The van der Waals surface area contributed by atoms with E-state index in [2.05, 4.69) is 9.98 Å². The predicted molar refractivity (Wildman–Crippen MR) is 156 cm³/mol. The SMILES string of the molecule is Cc1c(-c2c(F)cc(C(N)=O)c3[nH]c4c(c23)CC[C@H](C(C)(C)O)C4)cccc1N1C(=O)N=C2C(Cl)=CC=CC2C1=O. The number of amides is 4. The number of hydrogen-bond donors (Lipinski definition) is 3. The van der Waals surface area contributed by atoms with E-state index in [0.29, 0.717) is 41.3 Å². The van der Waals surface area contributed by atoms with E-state index in [-0.39, 0.29) is 33.5 Å². The summed E-state index contributed by atoms with van der Waals surface area (Å²) in [5.41, 5.74) is 8.54. The molecule has 4 amide bonds. The highest BCUT2D eigenvalue weighted by molar-refractivity contribution is 6.48. The van der Waals surface area contributed by atoms with Crippen molar-refractivity contribution in [2.45, 2.75) is 45.6 Å². The number of benzene rings is 2. The summed E-state index contributed by atoms with van der Waals surface area (Å²) in [4.78, 5) is 47.4. The number of hydrogen-bond acceptors (Lipinski definition) is 4. The molecule has 0 saturated carbocycles. The normalized spacial score (nSPS) is 20.6. The number of nitrogens with zero attached hydrogens (tertiary/aromatic N) is 2.